The highest BCUT2D eigenvalue weighted by Gasteiger charge is 2.17. The maximum Gasteiger partial charge on any atom is 0.339 e. The second kappa shape index (κ2) is 10.0. The number of benzene rings is 1. The van der Waals surface area contributed by atoms with Gasteiger partial charge in [-0.25, -0.2) is 4.79 Å². The number of carbonyl (C=O) groups is 1. The minimum atomic E-state index is -0.465. The molecular weight excluding hydrogens is 390 g/mol. The van der Waals surface area contributed by atoms with Crippen LogP contribution in [0.4, 0.5) is 0 Å². The average Bonchev–Trinajstić information content (AvgIpc) is 2.71. The van der Waals surface area contributed by atoms with Crippen molar-refractivity contribution < 1.29 is 19.0 Å². The standard InChI is InChI=1S/C21H25N3O4S/c1-6-28-21(25)17-10-16(11-22)20(29)24(14(17)2)13-23(3)12-15-7-8-18(26-4)19(9-15)27-5/h7-10H,6,12-13H2,1-5H3. The minimum Gasteiger partial charge on any atom is -0.493 e. The zero-order chi connectivity index (χ0) is 21.6. The van der Waals surface area contributed by atoms with Crippen molar-refractivity contribution in [3.8, 4) is 17.6 Å². The van der Waals surface area contributed by atoms with Gasteiger partial charge < -0.3 is 18.8 Å². The molecule has 0 saturated carbocycles. The van der Waals surface area contributed by atoms with Gasteiger partial charge in [0.05, 0.1) is 38.6 Å². The van der Waals surface area contributed by atoms with E-state index >= 15 is 0 Å². The summed E-state index contributed by atoms with van der Waals surface area (Å²) >= 11 is 5.47. The van der Waals surface area contributed by atoms with E-state index in [1.807, 2.05) is 30.1 Å². The second-order valence-corrected chi connectivity index (χ2v) is 6.85. The van der Waals surface area contributed by atoms with E-state index in [-0.39, 0.29) is 12.2 Å². The molecule has 0 N–H and O–H groups in total. The van der Waals surface area contributed by atoms with Crippen LogP contribution in [0.25, 0.3) is 0 Å². The SMILES string of the molecule is CCOC(=O)c1cc(C#N)c(=S)n(CN(C)Cc2ccc(OC)c(OC)c2)c1C. The average molecular weight is 416 g/mol. The fourth-order valence-corrected chi connectivity index (χ4v) is 3.30. The lowest BCUT2D eigenvalue weighted by Crippen LogP contribution is -2.25. The highest BCUT2D eigenvalue weighted by atomic mass is 32.1. The summed E-state index contributed by atoms with van der Waals surface area (Å²) in [6, 6.07) is 9.30. The molecule has 0 aliphatic heterocycles. The summed E-state index contributed by atoms with van der Waals surface area (Å²) in [5.74, 6) is 0.854. The molecule has 0 fully saturated rings. The molecule has 0 radical (unpaired) electrons. The number of esters is 1. The number of nitriles is 1. The fourth-order valence-electron chi connectivity index (χ4n) is 3.00. The normalized spacial score (nSPS) is 10.5. The lowest BCUT2D eigenvalue weighted by Gasteiger charge is -2.22. The van der Waals surface area contributed by atoms with Gasteiger partial charge in [0.1, 0.15) is 10.7 Å². The van der Waals surface area contributed by atoms with Gasteiger partial charge in [0.2, 0.25) is 0 Å². The Hall–Kier alpha value is -2.89. The summed E-state index contributed by atoms with van der Waals surface area (Å²) in [6.07, 6.45) is 0. The third kappa shape index (κ3) is 5.13. The maximum atomic E-state index is 12.3. The van der Waals surface area contributed by atoms with E-state index in [0.717, 1.165) is 5.56 Å². The molecule has 1 aromatic heterocycles. The van der Waals surface area contributed by atoms with E-state index in [1.165, 1.54) is 6.07 Å². The predicted molar refractivity (Wildman–Crippen MR) is 112 cm³/mol. The maximum absolute atomic E-state index is 12.3. The third-order valence-electron chi connectivity index (χ3n) is 4.46. The number of aromatic nitrogens is 1. The van der Waals surface area contributed by atoms with Gasteiger partial charge in [0.15, 0.2) is 11.5 Å². The first-order valence-corrected chi connectivity index (χ1v) is 9.48. The number of carbonyl (C=O) groups excluding carboxylic acids is 1. The molecule has 154 valence electrons. The Balaban J connectivity index is 2.33. The van der Waals surface area contributed by atoms with Gasteiger partial charge >= 0.3 is 5.97 Å². The van der Waals surface area contributed by atoms with Crippen LogP contribution in [0.5, 0.6) is 11.5 Å². The zero-order valence-corrected chi connectivity index (χ0v) is 18.1. The Morgan fingerprint density at radius 2 is 1.93 bits per heavy atom. The van der Waals surface area contributed by atoms with Gasteiger partial charge in [-0.3, -0.25) is 4.90 Å². The quantitative estimate of drug-likeness (QED) is 0.481. The lowest BCUT2D eigenvalue weighted by molar-refractivity contribution is 0.0523. The third-order valence-corrected chi connectivity index (χ3v) is 4.90. The van der Waals surface area contributed by atoms with Gasteiger partial charge in [-0.1, -0.05) is 18.3 Å². The largest absolute Gasteiger partial charge is 0.493 e. The number of nitrogens with zero attached hydrogens (tertiary/aromatic N) is 3. The number of pyridine rings is 1. The van der Waals surface area contributed by atoms with Crippen molar-refractivity contribution in [2.24, 2.45) is 0 Å². The Morgan fingerprint density at radius 1 is 1.24 bits per heavy atom. The number of rotatable bonds is 8. The van der Waals surface area contributed by atoms with Gasteiger partial charge in [0.25, 0.3) is 0 Å². The number of ether oxygens (including phenoxy) is 3. The Labute approximate surface area is 176 Å². The van der Waals surface area contributed by atoms with Gasteiger partial charge in [-0.2, -0.15) is 5.26 Å². The first-order chi connectivity index (χ1) is 13.9. The molecule has 0 amide bonds. The molecular formula is C21H25N3O4S. The van der Waals surface area contributed by atoms with Crippen LogP contribution in [-0.4, -0.2) is 43.3 Å². The first-order valence-electron chi connectivity index (χ1n) is 9.07. The summed E-state index contributed by atoms with van der Waals surface area (Å²) in [5.41, 5.74) is 2.30. The summed E-state index contributed by atoms with van der Waals surface area (Å²) < 4.78 is 17.9. The Morgan fingerprint density at radius 3 is 2.52 bits per heavy atom. The van der Waals surface area contributed by atoms with Gasteiger partial charge in [-0.15, -0.1) is 0 Å². The van der Waals surface area contributed by atoms with Crippen LogP contribution >= 0.6 is 12.2 Å². The van der Waals surface area contributed by atoms with Gasteiger partial charge in [-0.05, 0) is 44.7 Å². The summed E-state index contributed by atoms with van der Waals surface area (Å²) in [6.45, 7) is 4.81. The van der Waals surface area contributed by atoms with Crippen molar-refractivity contribution in [1.82, 2.24) is 9.47 Å². The molecule has 7 nitrogen and oxygen atoms in total. The first kappa shape index (κ1) is 22.4. The van der Waals surface area contributed by atoms with Crippen LogP contribution in [0.15, 0.2) is 24.3 Å². The summed E-state index contributed by atoms with van der Waals surface area (Å²) in [7, 11) is 5.12. The van der Waals surface area contributed by atoms with Crippen molar-refractivity contribution in [3.63, 3.8) is 0 Å². The molecule has 29 heavy (non-hydrogen) atoms. The number of hydrogen-bond donors (Lipinski definition) is 0. The molecule has 8 heteroatoms. The van der Waals surface area contributed by atoms with Crippen molar-refractivity contribution in [3.05, 3.63) is 51.3 Å². The smallest absolute Gasteiger partial charge is 0.339 e. The van der Waals surface area contributed by atoms with Crippen LogP contribution in [-0.2, 0) is 18.0 Å². The monoisotopic (exact) mass is 415 g/mol. The summed E-state index contributed by atoms with van der Waals surface area (Å²) in [5, 5.41) is 9.42. The van der Waals surface area contributed by atoms with Gasteiger partial charge in [0, 0.05) is 12.2 Å². The van der Waals surface area contributed by atoms with Crippen molar-refractivity contribution in [1.29, 1.82) is 5.26 Å². The highest BCUT2D eigenvalue weighted by molar-refractivity contribution is 7.71. The van der Waals surface area contributed by atoms with E-state index in [2.05, 4.69) is 6.07 Å². The molecule has 0 aliphatic carbocycles. The van der Waals surface area contributed by atoms with Crippen molar-refractivity contribution in [2.45, 2.75) is 27.1 Å². The number of hydrogen-bond acceptors (Lipinski definition) is 7. The molecule has 0 bridgehead atoms. The molecule has 0 aliphatic rings. The van der Waals surface area contributed by atoms with Crippen LogP contribution in [0.1, 0.15) is 34.1 Å². The molecule has 0 spiro atoms. The van der Waals surface area contributed by atoms with E-state index < -0.39 is 5.97 Å². The fraction of sp³-hybridized carbons (Fsp3) is 0.381. The molecule has 0 unspecified atom stereocenters. The molecule has 1 heterocycles. The lowest BCUT2D eigenvalue weighted by atomic mass is 10.1. The zero-order valence-electron chi connectivity index (χ0n) is 17.3. The number of methoxy groups -OCH3 is 2. The van der Waals surface area contributed by atoms with Crippen LogP contribution in [0.3, 0.4) is 0 Å². The van der Waals surface area contributed by atoms with E-state index in [9.17, 15) is 10.1 Å². The topological polar surface area (TPSA) is 76.7 Å². The Kier molecular flexibility index (Phi) is 7.76. The van der Waals surface area contributed by atoms with Crippen LogP contribution < -0.4 is 9.47 Å². The van der Waals surface area contributed by atoms with Crippen molar-refractivity contribution >= 4 is 18.2 Å². The van der Waals surface area contributed by atoms with E-state index in [1.54, 1.807) is 32.6 Å². The minimum absolute atomic E-state index is 0.259. The molecule has 0 atom stereocenters. The van der Waals surface area contributed by atoms with E-state index in [4.69, 9.17) is 26.4 Å². The van der Waals surface area contributed by atoms with Crippen LogP contribution in [0.2, 0.25) is 0 Å². The van der Waals surface area contributed by atoms with E-state index in [0.29, 0.717) is 40.6 Å². The molecule has 1 aromatic carbocycles. The Bertz CT molecular complexity index is 995. The van der Waals surface area contributed by atoms with Crippen molar-refractivity contribution in [2.75, 3.05) is 27.9 Å². The highest BCUT2D eigenvalue weighted by Crippen LogP contribution is 2.28. The second-order valence-electron chi connectivity index (χ2n) is 6.47. The predicted octanol–water partition coefficient (Wildman–Crippen LogP) is 3.68. The molecule has 2 rings (SSSR count). The molecule has 0 saturated heterocycles. The van der Waals surface area contributed by atoms with Crippen LogP contribution in [0, 0.1) is 22.9 Å². The molecule has 2 aromatic rings. The summed E-state index contributed by atoms with van der Waals surface area (Å²) in [4.78, 5) is 14.3.